The molecular formula is C28H32F3N5O5. The Morgan fingerprint density at radius 2 is 1.71 bits per heavy atom. The average Bonchev–Trinajstić information content (AvgIpc) is 3.21. The summed E-state index contributed by atoms with van der Waals surface area (Å²) in [4.78, 5) is 55.7. The number of piperidine rings is 1. The Labute approximate surface area is 235 Å². The van der Waals surface area contributed by atoms with Gasteiger partial charge in [0, 0.05) is 25.3 Å². The van der Waals surface area contributed by atoms with E-state index in [1.807, 2.05) is 35.2 Å². The fourth-order valence-electron chi connectivity index (χ4n) is 5.16. The second kappa shape index (κ2) is 12.5. The van der Waals surface area contributed by atoms with Crippen LogP contribution < -0.4 is 15.5 Å². The molecule has 2 fully saturated rings. The molecule has 10 nitrogen and oxygen atoms in total. The molecule has 2 aromatic rings. The number of hydrogen-bond donors (Lipinski definition) is 2. The second-order valence-electron chi connectivity index (χ2n) is 9.87. The van der Waals surface area contributed by atoms with Crippen molar-refractivity contribution in [3.63, 3.8) is 0 Å². The SMILES string of the molecule is CCOC(=O)CNC(=O)N1CCC2(CC1)C(=O)N(CC(=O)NCc1cccc(C(F)(F)F)c1)CN2c1ccccc1. The Kier molecular flexibility index (Phi) is 9.04. The van der Waals surface area contributed by atoms with Gasteiger partial charge in [0.25, 0.3) is 5.91 Å². The molecule has 2 heterocycles. The number of carbonyl (C=O) groups is 4. The molecule has 2 N–H and O–H groups in total. The van der Waals surface area contributed by atoms with Crippen molar-refractivity contribution >= 4 is 29.5 Å². The van der Waals surface area contributed by atoms with Crippen LogP contribution in [-0.4, -0.2) is 78.6 Å². The van der Waals surface area contributed by atoms with E-state index in [1.54, 1.807) is 6.92 Å². The predicted molar refractivity (Wildman–Crippen MR) is 142 cm³/mol. The van der Waals surface area contributed by atoms with E-state index in [4.69, 9.17) is 4.74 Å². The zero-order valence-corrected chi connectivity index (χ0v) is 22.6. The zero-order chi connectivity index (χ0) is 29.6. The Balaban J connectivity index is 1.41. The van der Waals surface area contributed by atoms with Crippen LogP contribution in [0.5, 0.6) is 0 Å². The molecule has 0 atom stereocenters. The first-order valence-electron chi connectivity index (χ1n) is 13.3. The maximum absolute atomic E-state index is 13.8. The third-order valence-electron chi connectivity index (χ3n) is 7.23. The molecule has 1 spiro atoms. The van der Waals surface area contributed by atoms with Gasteiger partial charge in [0.2, 0.25) is 5.91 Å². The van der Waals surface area contributed by atoms with Crippen molar-refractivity contribution < 1.29 is 37.1 Å². The van der Waals surface area contributed by atoms with Crippen molar-refractivity contribution in [2.24, 2.45) is 0 Å². The summed E-state index contributed by atoms with van der Waals surface area (Å²) in [5.74, 6) is -1.31. The number of hydrogen-bond acceptors (Lipinski definition) is 6. The lowest BCUT2D eigenvalue weighted by molar-refractivity contribution is -0.142. The molecule has 2 aliphatic heterocycles. The number of ether oxygens (including phenoxy) is 1. The van der Waals surface area contributed by atoms with Crippen LogP contribution in [0.1, 0.15) is 30.9 Å². The van der Waals surface area contributed by atoms with Gasteiger partial charge in [-0.2, -0.15) is 13.2 Å². The Hall–Kier alpha value is -4.29. The maximum atomic E-state index is 13.8. The van der Waals surface area contributed by atoms with Crippen molar-refractivity contribution in [3.05, 3.63) is 65.7 Å². The monoisotopic (exact) mass is 575 g/mol. The third-order valence-corrected chi connectivity index (χ3v) is 7.23. The number of rotatable bonds is 8. The van der Waals surface area contributed by atoms with Gasteiger partial charge >= 0.3 is 18.2 Å². The summed E-state index contributed by atoms with van der Waals surface area (Å²) in [5, 5.41) is 5.14. The number of nitrogens with one attached hydrogen (secondary N) is 2. The smallest absolute Gasteiger partial charge is 0.416 e. The maximum Gasteiger partial charge on any atom is 0.416 e. The van der Waals surface area contributed by atoms with Gasteiger partial charge in [-0.15, -0.1) is 0 Å². The Morgan fingerprint density at radius 1 is 1.00 bits per heavy atom. The first kappa shape index (κ1) is 29.7. The number of urea groups is 1. The first-order valence-corrected chi connectivity index (χ1v) is 13.3. The van der Waals surface area contributed by atoms with Gasteiger partial charge in [0.05, 0.1) is 18.8 Å². The summed E-state index contributed by atoms with van der Waals surface area (Å²) >= 11 is 0. The van der Waals surface area contributed by atoms with Gasteiger partial charge in [-0.05, 0) is 49.6 Å². The number of halogens is 3. The van der Waals surface area contributed by atoms with Gasteiger partial charge < -0.3 is 30.1 Å². The van der Waals surface area contributed by atoms with Crippen LogP contribution in [0.25, 0.3) is 0 Å². The van der Waals surface area contributed by atoms with Crippen LogP contribution in [0, 0.1) is 0 Å². The number of alkyl halides is 3. The van der Waals surface area contributed by atoms with Crippen molar-refractivity contribution in [2.45, 2.75) is 38.0 Å². The molecule has 0 radical (unpaired) electrons. The highest BCUT2D eigenvalue weighted by molar-refractivity contribution is 5.96. The normalized spacial score (nSPS) is 16.6. The van der Waals surface area contributed by atoms with Crippen LogP contribution in [0.4, 0.5) is 23.7 Å². The summed E-state index contributed by atoms with van der Waals surface area (Å²) in [5.41, 5.74) is -0.717. The van der Waals surface area contributed by atoms with Gasteiger partial charge in [0.15, 0.2) is 0 Å². The fraction of sp³-hybridized carbons (Fsp3) is 0.429. The molecule has 13 heteroatoms. The molecule has 2 aliphatic rings. The summed E-state index contributed by atoms with van der Waals surface area (Å²) in [6.07, 6.45) is -3.89. The van der Waals surface area contributed by atoms with E-state index in [9.17, 15) is 32.3 Å². The fourth-order valence-corrected chi connectivity index (χ4v) is 5.16. The number of anilines is 1. The van der Waals surface area contributed by atoms with Gasteiger partial charge in [-0.1, -0.05) is 30.3 Å². The molecule has 0 unspecified atom stereocenters. The largest absolute Gasteiger partial charge is 0.465 e. The molecule has 0 aromatic heterocycles. The average molecular weight is 576 g/mol. The topological polar surface area (TPSA) is 111 Å². The van der Waals surface area contributed by atoms with E-state index in [0.29, 0.717) is 12.8 Å². The summed E-state index contributed by atoms with van der Waals surface area (Å²) in [6, 6.07) is 13.5. The predicted octanol–water partition coefficient (Wildman–Crippen LogP) is 2.74. The molecule has 2 saturated heterocycles. The van der Waals surface area contributed by atoms with Gasteiger partial charge in [-0.25, -0.2) is 4.79 Å². The molecule has 220 valence electrons. The van der Waals surface area contributed by atoms with Crippen LogP contribution in [0.3, 0.4) is 0 Å². The minimum Gasteiger partial charge on any atom is -0.465 e. The van der Waals surface area contributed by atoms with Gasteiger partial charge in [0.1, 0.15) is 18.6 Å². The number of likely N-dealkylation sites (tertiary alicyclic amines) is 1. The molecule has 4 amide bonds. The standard InChI is InChI=1S/C28H32F3N5O5/c1-2-41-24(38)17-33-26(40)34-13-11-27(12-14-34)25(39)35(19-36(27)22-9-4-3-5-10-22)18-23(37)32-16-20-7-6-8-21(15-20)28(29,30)31/h3-10,15H,2,11-14,16-19H2,1H3,(H,32,37)(H,33,40). The molecule has 0 aliphatic carbocycles. The van der Waals surface area contributed by atoms with E-state index in [-0.39, 0.29) is 57.5 Å². The number of para-hydroxylation sites is 1. The lowest BCUT2D eigenvalue weighted by Gasteiger charge is -2.43. The number of amides is 4. The minimum atomic E-state index is -4.49. The van der Waals surface area contributed by atoms with Crippen molar-refractivity contribution in [1.82, 2.24) is 20.4 Å². The Morgan fingerprint density at radius 3 is 2.37 bits per heavy atom. The summed E-state index contributed by atoms with van der Waals surface area (Å²) in [7, 11) is 0. The highest BCUT2D eigenvalue weighted by Gasteiger charge is 2.54. The molecule has 0 saturated carbocycles. The van der Waals surface area contributed by atoms with E-state index in [1.165, 1.54) is 21.9 Å². The number of carbonyl (C=O) groups excluding carboxylic acids is 4. The molecule has 4 rings (SSSR count). The lowest BCUT2D eigenvalue weighted by atomic mass is 9.85. The molecule has 0 bridgehead atoms. The van der Waals surface area contributed by atoms with Crippen molar-refractivity contribution in [1.29, 1.82) is 0 Å². The molecule has 2 aromatic carbocycles. The summed E-state index contributed by atoms with van der Waals surface area (Å²) in [6.45, 7) is 1.86. The zero-order valence-electron chi connectivity index (χ0n) is 22.6. The number of nitrogens with zero attached hydrogens (tertiary/aromatic N) is 3. The number of esters is 1. The highest BCUT2D eigenvalue weighted by Crippen LogP contribution is 2.39. The van der Waals surface area contributed by atoms with Crippen molar-refractivity contribution in [3.8, 4) is 0 Å². The van der Waals surface area contributed by atoms with E-state index in [2.05, 4.69) is 10.6 Å². The number of benzene rings is 2. The minimum absolute atomic E-state index is 0.117. The highest BCUT2D eigenvalue weighted by atomic mass is 19.4. The van der Waals surface area contributed by atoms with Crippen LogP contribution in [0.15, 0.2) is 54.6 Å². The summed E-state index contributed by atoms with van der Waals surface area (Å²) < 4.78 is 43.9. The van der Waals surface area contributed by atoms with E-state index in [0.717, 1.165) is 17.8 Å². The molecular weight excluding hydrogens is 543 g/mol. The van der Waals surface area contributed by atoms with Crippen LogP contribution in [0.2, 0.25) is 0 Å². The Bertz CT molecular complexity index is 1270. The lowest BCUT2D eigenvalue weighted by Crippen LogP contribution is -2.58. The van der Waals surface area contributed by atoms with E-state index < -0.39 is 35.2 Å². The first-order chi connectivity index (χ1) is 19.5. The van der Waals surface area contributed by atoms with Crippen LogP contribution in [-0.2, 0) is 31.8 Å². The van der Waals surface area contributed by atoms with E-state index >= 15 is 0 Å². The van der Waals surface area contributed by atoms with Crippen molar-refractivity contribution in [2.75, 3.05) is 44.4 Å². The molecule has 41 heavy (non-hydrogen) atoms. The van der Waals surface area contributed by atoms with Gasteiger partial charge in [-0.3, -0.25) is 14.4 Å². The quantitative estimate of drug-likeness (QED) is 0.469. The van der Waals surface area contributed by atoms with Crippen LogP contribution >= 0.6 is 0 Å². The second-order valence-corrected chi connectivity index (χ2v) is 9.87. The third kappa shape index (κ3) is 6.90.